The van der Waals surface area contributed by atoms with Crippen LogP contribution >= 0.6 is 0 Å². The maximum atomic E-state index is 11.3. The molecule has 27 heavy (non-hydrogen) atoms. The van der Waals surface area contributed by atoms with Crippen molar-refractivity contribution >= 4 is 23.2 Å². The van der Waals surface area contributed by atoms with Crippen LogP contribution in [0.15, 0.2) is 42.7 Å². The minimum atomic E-state index is -0.507. The number of ether oxygens (including phenoxy) is 1. The number of nitrogens with zero attached hydrogens (tertiary/aromatic N) is 5. The highest BCUT2D eigenvalue weighted by Crippen LogP contribution is 2.27. The second-order valence-corrected chi connectivity index (χ2v) is 5.64. The standard InChI is InChI=1S/C17H16N6O4/c1-11-21-18-10-22(11)16-8-7-15(23(25)26)17(20-16)19-14-5-3-13(4-6-14)9-27-12(2)24/h3-8,10H,9H2,1-2H3,(H,19,20). The van der Waals surface area contributed by atoms with Gasteiger partial charge in [-0.05, 0) is 30.7 Å². The van der Waals surface area contributed by atoms with Crippen molar-refractivity contribution in [3.05, 3.63) is 64.2 Å². The third-order valence-electron chi connectivity index (χ3n) is 3.68. The third-order valence-corrected chi connectivity index (χ3v) is 3.68. The van der Waals surface area contributed by atoms with Gasteiger partial charge in [0, 0.05) is 18.7 Å². The van der Waals surface area contributed by atoms with Crippen LogP contribution in [0.5, 0.6) is 0 Å². The van der Waals surface area contributed by atoms with Crippen molar-refractivity contribution in [2.45, 2.75) is 20.5 Å². The van der Waals surface area contributed by atoms with E-state index in [4.69, 9.17) is 4.74 Å². The maximum Gasteiger partial charge on any atom is 0.311 e. The Hall–Kier alpha value is -3.82. The predicted molar refractivity (Wildman–Crippen MR) is 95.7 cm³/mol. The Labute approximate surface area is 154 Å². The summed E-state index contributed by atoms with van der Waals surface area (Å²) < 4.78 is 6.55. The minimum Gasteiger partial charge on any atom is -0.461 e. The number of hydrogen-bond acceptors (Lipinski definition) is 8. The summed E-state index contributed by atoms with van der Waals surface area (Å²) in [6, 6.07) is 9.86. The summed E-state index contributed by atoms with van der Waals surface area (Å²) in [6.07, 6.45) is 1.48. The van der Waals surface area contributed by atoms with Gasteiger partial charge in [0.25, 0.3) is 0 Å². The van der Waals surface area contributed by atoms with Crippen LogP contribution in [-0.2, 0) is 16.1 Å². The first-order chi connectivity index (χ1) is 12.9. The number of hydrogen-bond donors (Lipinski definition) is 1. The van der Waals surface area contributed by atoms with Gasteiger partial charge < -0.3 is 10.1 Å². The number of nitro groups is 1. The summed E-state index contributed by atoms with van der Waals surface area (Å²) in [7, 11) is 0. The van der Waals surface area contributed by atoms with Crippen molar-refractivity contribution < 1.29 is 14.5 Å². The zero-order valence-electron chi connectivity index (χ0n) is 14.6. The summed E-state index contributed by atoms with van der Waals surface area (Å²) in [5, 5.41) is 22.0. The zero-order chi connectivity index (χ0) is 19.4. The smallest absolute Gasteiger partial charge is 0.311 e. The SMILES string of the molecule is CC(=O)OCc1ccc(Nc2nc(-n3cnnc3C)ccc2[N+](=O)[O-])cc1. The fourth-order valence-corrected chi connectivity index (χ4v) is 2.34. The minimum absolute atomic E-state index is 0.0957. The van der Waals surface area contributed by atoms with Gasteiger partial charge in [0.05, 0.1) is 4.92 Å². The molecule has 10 heteroatoms. The van der Waals surface area contributed by atoms with Crippen LogP contribution in [0.25, 0.3) is 5.82 Å². The van der Waals surface area contributed by atoms with Crippen LogP contribution in [0.4, 0.5) is 17.2 Å². The molecule has 0 fully saturated rings. The highest BCUT2D eigenvalue weighted by molar-refractivity contribution is 5.67. The number of rotatable bonds is 6. The van der Waals surface area contributed by atoms with Crippen molar-refractivity contribution in [3.63, 3.8) is 0 Å². The van der Waals surface area contributed by atoms with E-state index in [9.17, 15) is 14.9 Å². The van der Waals surface area contributed by atoms with E-state index in [-0.39, 0.29) is 24.1 Å². The first-order valence-electron chi connectivity index (χ1n) is 7.96. The number of pyridine rings is 1. The van der Waals surface area contributed by atoms with Crippen LogP contribution in [0.3, 0.4) is 0 Å². The van der Waals surface area contributed by atoms with Gasteiger partial charge >= 0.3 is 11.7 Å². The fourth-order valence-electron chi connectivity index (χ4n) is 2.34. The lowest BCUT2D eigenvalue weighted by Crippen LogP contribution is -2.05. The number of anilines is 2. The van der Waals surface area contributed by atoms with E-state index in [1.165, 1.54) is 25.4 Å². The van der Waals surface area contributed by atoms with Crippen molar-refractivity contribution in [1.29, 1.82) is 0 Å². The van der Waals surface area contributed by atoms with Crippen molar-refractivity contribution in [3.8, 4) is 5.82 Å². The average Bonchev–Trinajstić information content (AvgIpc) is 3.07. The Morgan fingerprint density at radius 3 is 2.59 bits per heavy atom. The van der Waals surface area contributed by atoms with Crippen LogP contribution in [0, 0.1) is 17.0 Å². The van der Waals surface area contributed by atoms with E-state index in [0.29, 0.717) is 17.3 Å². The largest absolute Gasteiger partial charge is 0.461 e. The first-order valence-corrected chi connectivity index (χ1v) is 7.96. The van der Waals surface area contributed by atoms with Crippen molar-refractivity contribution in [1.82, 2.24) is 19.7 Å². The molecule has 0 aliphatic rings. The molecule has 1 aromatic carbocycles. The number of benzene rings is 1. The first kappa shape index (κ1) is 18.0. The van der Waals surface area contributed by atoms with E-state index < -0.39 is 4.92 Å². The van der Waals surface area contributed by atoms with Gasteiger partial charge in [-0.2, -0.15) is 0 Å². The Morgan fingerprint density at radius 1 is 1.26 bits per heavy atom. The van der Waals surface area contributed by atoms with Gasteiger partial charge in [0.2, 0.25) is 5.82 Å². The Bertz CT molecular complexity index is 983. The number of aromatic nitrogens is 4. The molecule has 0 amide bonds. The molecule has 2 heterocycles. The number of carbonyl (C=O) groups excluding carboxylic acids is 1. The van der Waals surface area contributed by atoms with Gasteiger partial charge in [-0.1, -0.05) is 12.1 Å². The fraction of sp³-hybridized carbons (Fsp3) is 0.176. The highest BCUT2D eigenvalue weighted by atomic mass is 16.6. The van der Waals surface area contributed by atoms with Crippen LogP contribution in [0.2, 0.25) is 0 Å². The zero-order valence-corrected chi connectivity index (χ0v) is 14.6. The molecule has 2 aromatic heterocycles. The summed E-state index contributed by atoms with van der Waals surface area (Å²) >= 11 is 0. The van der Waals surface area contributed by atoms with E-state index in [2.05, 4.69) is 20.5 Å². The summed E-state index contributed by atoms with van der Waals surface area (Å²) in [6.45, 7) is 3.26. The monoisotopic (exact) mass is 368 g/mol. The predicted octanol–water partition coefficient (Wildman–Crippen LogP) is 2.69. The van der Waals surface area contributed by atoms with Crippen LogP contribution < -0.4 is 5.32 Å². The molecule has 0 unspecified atom stereocenters. The molecule has 3 rings (SSSR count). The van der Waals surface area contributed by atoms with Crippen LogP contribution in [-0.4, -0.2) is 30.6 Å². The molecule has 0 aliphatic heterocycles. The van der Waals surface area contributed by atoms with Gasteiger partial charge in [0.1, 0.15) is 24.6 Å². The van der Waals surface area contributed by atoms with Gasteiger partial charge in [0.15, 0.2) is 0 Å². The maximum absolute atomic E-state index is 11.3. The van der Waals surface area contributed by atoms with Crippen molar-refractivity contribution in [2.75, 3.05) is 5.32 Å². The number of nitrogens with one attached hydrogen (secondary N) is 1. The molecule has 0 saturated carbocycles. The third kappa shape index (κ3) is 4.24. The number of esters is 1. The lowest BCUT2D eigenvalue weighted by Gasteiger charge is -2.10. The topological polar surface area (TPSA) is 125 Å². The summed E-state index contributed by atoms with van der Waals surface area (Å²) in [5.74, 6) is 0.797. The molecule has 0 radical (unpaired) electrons. The molecule has 0 bridgehead atoms. The van der Waals surface area contributed by atoms with E-state index in [1.54, 1.807) is 35.8 Å². The second-order valence-electron chi connectivity index (χ2n) is 5.64. The number of aryl methyl sites for hydroxylation is 1. The van der Waals surface area contributed by atoms with Gasteiger partial charge in [-0.25, -0.2) is 4.98 Å². The molecule has 0 spiro atoms. The van der Waals surface area contributed by atoms with E-state index in [0.717, 1.165) is 5.56 Å². The van der Waals surface area contributed by atoms with E-state index in [1.807, 2.05) is 0 Å². The van der Waals surface area contributed by atoms with Gasteiger partial charge in [-0.3, -0.25) is 19.5 Å². The lowest BCUT2D eigenvalue weighted by atomic mass is 10.2. The van der Waals surface area contributed by atoms with Crippen molar-refractivity contribution in [2.24, 2.45) is 0 Å². The second kappa shape index (κ2) is 7.60. The average molecular weight is 368 g/mol. The summed E-state index contributed by atoms with van der Waals surface area (Å²) in [4.78, 5) is 26.0. The lowest BCUT2D eigenvalue weighted by molar-refractivity contribution is -0.384. The molecule has 3 aromatic rings. The summed E-state index contributed by atoms with van der Waals surface area (Å²) in [5.41, 5.74) is 1.25. The van der Waals surface area contributed by atoms with Crippen LogP contribution in [0.1, 0.15) is 18.3 Å². The highest BCUT2D eigenvalue weighted by Gasteiger charge is 2.17. The normalized spacial score (nSPS) is 10.4. The molecule has 0 saturated heterocycles. The Balaban J connectivity index is 1.87. The molecule has 138 valence electrons. The molecular weight excluding hydrogens is 352 g/mol. The molecule has 0 atom stereocenters. The molecule has 10 nitrogen and oxygen atoms in total. The Kier molecular flexibility index (Phi) is 5.06. The quantitative estimate of drug-likeness (QED) is 0.400. The number of carbonyl (C=O) groups is 1. The molecule has 1 N–H and O–H groups in total. The van der Waals surface area contributed by atoms with Gasteiger partial charge in [-0.15, -0.1) is 10.2 Å². The molecule has 0 aliphatic carbocycles. The van der Waals surface area contributed by atoms with E-state index >= 15 is 0 Å². The molecular formula is C17H16N6O4. The Morgan fingerprint density at radius 2 is 2.00 bits per heavy atom.